The normalized spacial score (nSPS) is 12.6. The number of nitrogens with zero attached hydrogens (tertiary/aromatic N) is 2. The second kappa shape index (κ2) is 10.2. The highest BCUT2D eigenvalue weighted by molar-refractivity contribution is 6.14. The van der Waals surface area contributed by atoms with Crippen molar-refractivity contribution in [3.05, 3.63) is 95.1 Å². The minimum absolute atomic E-state index is 0.576. The number of hydrogen-bond donors (Lipinski definition) is 0. The first-order valence-electron chi connectivity index (χ1n) is 11.2. The molecule has 0 fully saturated rings. The molecule has 0 aliphatic heterocycles. The summed E-state index contributed by atoms with van der Waals surface area (Å²) in [5, 5.41) is 0. The van der Waals surface area contributed by atoms with E-state index >= 15 is 0 Å². The van der Waals surface area contributed by atoms with Crippen LogP contribution in [0.4, 0.5) is 11.4 Å². The smallest absolute Gasteiger partial charge is 0.0781 e. The van der Waals surface area contributed by atoms with Crippen LogP contribution in [0, 0.1) is 6.92 Å². The number of anilines is 1. The van der Waals surface area contributed by atoms with E-state index in [1.807, 2.05) is 0 Å². The Kier molecular flexibility index (Phi) is 7.46. The van der Waals surface area contributed by atoms with Gasteiger partial charge in [0.2, 0.25) is 0 Å². The van der Waals surface area contributed by atoms with Crippen molar-refractivity contribution < 1.29 is 0 Å². The number of hydrogen-bond acceptors (Lipinski definition) is 2. The Morgan fingerprint density at radius 2 is 1.30 bits per heavy atom. The average molecular weight is 399 g/mol. The average Bonchev–Trinajstić information content (AvgIpc) is 2.79. The van der Waals surface area contributed by atoms with E-state index in [1.54, 1.807) is 0 Å². The SMILES string of the molecule is CCC(C)c1ccc(N=C(c2ccc(C)cc2)c2ccc(N(CC)CC)cc2)cc1. The minimum atomic E-state index is 0.576. The Labute approximate surface area is 182 Å². The van der Waals surface area contributed by atoms with Gasteiger partial charge in [-0.25, -0.2) is 4.99 Å². The van der Waals surface area contributed by atoms with E-state index in [0.29, 0.717) is 5.92 Å². The van der Waals surface area contributed by atoms with Crippen LogP contribution < -0.4 is 4.90 Å². The highest BCUT2D eigenvalue weighted by Gasteiger charge is 2.10. The van der Waals surface area contributed by atoms with Gasteiger partial charge in [-0.15, -0.1) is 0 Å². The molecule has 156 valence electrons. The second-order valence-electron chi connectivity index (χ2n) is 7.95. The molecule has 0 bridgehead atoms. The number of aliphatic imine (C=N–C) groups is 1. The largest absolute Gasteiger partial charge is 0.372 e. The summed E-state index contributed by atoms with van der Waals surface area (Å²) in [4.78, 5) is 7.43. The van der Waals surface area contributed by atoms with Crippen LogP contribution in [0.2, 0.25) is 0 Å². The van der Waals surface area contributed by atoms with Crippen molar-refractivity contribution in [3.63, 3.8) is 0 Å². The highest BCUT2D eigenvalue weighted by Crippen LogP contribution is 2.24. The maximum Gasteiger partial charge on any atom is 0.0781 e. The van der Waals surface area contributed by atoms with Crippen LogP contribution >= 0.6 is 0 Å². The van der Waals surface area contributed by atoms with E-state index in [-0.39, 0.29) is 0 Å². The van der Waals surface area contributed by atoms with Crippen molar-refractivity contribution in [3.8, 4) is 0 Å². The Hall–Kier alpha value is -2.87. The summed E-state index contributed by atoms with van der Waals surface area (Å²) in [6.45, 7) is 13.0. The number of aryl methyl sites for hydroxylation is 1. The standard InChI is InChI=1S/C28H34N2/c1-6-22(5)23-13-17-26(18-14-23)29-28(24-11-9-21(4)10-12-24)25-15-19-27(20-16-25)30(7-2)8-3/h9-20,22H,6-8H2,1-5H3. The van der Waals surface area contributed by atoms with Crippen molar-refractivity contribution in [2.24, 2.45) is 4.99 Å². The molecule has 0 amide bonds. The molecule has 0 aliphatic carbocycles. The summed E-state index contributed by atoms with van der Waals surface area (Å²) in [6.07, 6.45) is 1.15. The first kappa shape index (κ1) is 21.8. The van der Waals surface area contributed by atoms with Crippen LogP contribution in [0.3, 0.4) is 0 Å². The monoisotopic (exact) mass is 398 g/mol. The fraction of sp³-hybridized carbons (Fsp3) is 0.321. The summed E-state index contributed by atoms with van der Waals surface area (Å²) in [5.41, 5.74) is 8.17. The molecule has 0 heterocycles. The van der Waals surface area contributed by atoms with Gasteiger partial charge >= 0.3 is 0 Å². The zero-order valence-corrected chi connectivity index (χ0v) is 19.0. The molecule has 0 aromatic heterocycles. The van der Waals surface area contributed by atoms with Crippen molar-refractivity contribution in [1.29, 1.82) is 0 Å². The van der Waals surface area contributed by atoms with Crippen molar-refractivity contribution in [1.82, 2.24) is 0 Å². The van der Waals surface area contributed by atoms with Crippen LogP contribution in [0.5, 0.6) is 0 Å². The second-order valence-corrected chi connectivity index (χ2v) is 7.95. The quantitative estimate of drug-likeness (QED) is 0.358. The van der Waals surface area contributed by atoms with Gasteiger partial charge in [-0.05, 0) is 62.9 Å². The zero-order chi connectivity index (χ0) is 21.5. The Balaban J connectivity index is 2.01. The molecule has 1 atom stereocenters. The van der Waals surface area contributed by atoms with Gasteiger partial charge in [0.25, 0.3) is 0 Å². The maximum atomic E-state index is 5.07. The first-order valence-corrected chi connectivity index (χ1v) is 11.2. The van der Waals surface area contributed by atoms with Gasteiger partial charge in [0.05, 0.1) is 11.4 Å². The lowest BCUT2D eigenvalue weighted by Gasteiger charge is -2.21. The van der Waals surface area contributed by atoms with E-state index in [4.69, 9.17) is 4.99 Å². The zero-order valence-electron chi connectivity index (χ0n) is 19.0. The van der Waals surface area contributed by atoms with Crippen LogP contribution in [-0.4, -0.2) is 18.8 Å². The molecule has 2 nitrogen and oxygen atoms in total. The molecule has 1 unspecified atom stereocenters. The molecule has 3 aromatic carbocycles. The fourth-order valence-electron chi connectivity index (χ4n) is 3.67. The molecule has 0 spiro atoms. The third kappa shape index (κ3) is 5.18. The molecule has 2 heteroatoms. The van der Waals surface area contributed by atoms with E-state index < -0.39 is 0 Å². The van der Waals surface area contributed by atoms with E-state index in [9.17, 15) is 0 Å². The van der Waals surface area contributed by atoms with Crippen molar-refractivity contribution >= 4 is 17.1 Å². The van der Waals surface area contributed by atoms with Gasteiger partial charge in [-0.2, -0.15) is 0 Å². The summed E-state index contributed by atoms with van der Waals surface area (Å²) >= 11 is 0. The fourth-order valence-corrected chi connectivity index (χ4v) is 3.67. The Morgan fingerprint density at radius 3 is 1.80 bits per heavy atom. The molecule has 3 rings (SSSR count). The van der Waals surface area contributed by atoms with Gasteiger partial charge in [0.1, 0.15) is 0 Å². The molecule has 0 radical (unpaired) electrons. The lowest BCUT2D eigenvalue weighted by atomic mass is 9.98. The summed E-state index contributed by atoms with van der Waals surface area (Å²) in [6, 6.07) is 26.1. The topological polar surface area (TPSA) is 15.6 Å². The third-order valence-corrected chi connectivity index (χ3v) is 5.91. The molecule has 0 saturated carbocycles. The first-order chi connectivity index (χ1) is 14.5. The maximum absolute atomic E-state index is 5.07. The van der Waals surface area contributed by atoms with Gasteiger partial charge in [-0.1, -0.05) is 67.9 Å². The van der Waals surface area contributed by atoms with Gasteiger partial charge in [0.15, 0.2) is 0 Å². The minimum Gasteiger partial charge on any atom is -0.372 e. The highest BCUT2D eigenvalue weighted by atomic mass is 15.1. The van der Waals surface area contributed by atoms with E-state index in [0.717, 1.165) is 42.0 Å². The summed E-state index contributed by atoms with van der Waals surface area (Å²) < 4.78 is 0. The predicted molar refractivity (Wildman–Crippen MR) is 132 cm³/mol. The van der Waals surface area contributed by atoms with Crippen LogP contribution in [0.25, 0.3) is 0 Å². The number of benzene rings is 3. The van der Waals surface area contributed by atoms with E-state index in [2.05, 4.69) is 112 Å². The molecule has 30 heavy (non-hydrogen) atoms. The molecular weight excluding hydrogens is 364 g/mol. The third-order valence-electron chi connectivity index (χ3n) is 5.91. The molecule has 0 aliphatic rings. The van der Waals surface area contributed by atoms with Crippen molar-refractivity contribution in [2.45, 2.75) is 47.0 Å². The van der Waals surface area contributed by atoms with Gasteiger partial charge in [-0.3, -0.25) is 0 Å². The lowest BCUT2D eigenvalue weighted by Crippen LogP contribution is -2.21. The van der Waals surface area contributed by atoms with Crippen LogP contribution in [-0.2, 0) is 0 Å². The molecular formula is C28H34N2. The summed E-state index contributed by atoms with van der Waals surface area (Å²) in [7, 11) is 0. The molecule has 3 aromatic rings. The Bertz CT molecular complexity index is 947. The molecule has 0 N–H and O–H groups in total. The predicted octanol–water partition coefficient (Wildman–Crippen LogP) is 7.52. The summed E-state index contributed by atoms with van der Waals surface area (Å²) in [5.74, 6) is 0.576. The molecule has 0 saturated heterocycles. The van der Waals surface area contributed by atoms with Crippen LogP contribution in [0.15, 0.2) is 77.8 Å². The lowest BCUT2D eigenvalue weighted by molar-refractivity contribution is 0.734. The van der Waals surface area contributed by atoms with E-state index in [1.165, 1.54) is 16.8 Å². The van der Waals surface area contributed by atoms with Gasteiger partial charge in [0, 0.05) is 29.9 Å². The van der Waals surface area contributed by atoms with Gasteiger partial charge < -0.3 is 4.90 Å². The number of rotatable bonds is 8. The Morgan fingerprint density at radius 1 is 0.767 bits per heavy atom. The van der Waals surface area contributed by atoms with Crippen molar-refractivity contribution in [2.75, 3.05) is 18.0 Å². The van der Waals surface area contributed by atoms with Crippen LogP contribution in [0.1, 0.15) is 62.3 Å².